The van der Waals surface area contributed by atoms with Gasteiger partial charge in [-0.1, -0.05) is 6.07 Å². The molecule has 1 heterocycles. The normalized spacial score (nSPS) is 10.0. The first-order valence-corrected chi connectivity index (χ1v) is 8.26. The zero-order valence-corrected chi connectivity index (χ0v) is 14.0. The highest BCUT2D eigenvalue weighted by atomic mass is 32.1. The SMILES string of the molecule is CNC(=O)c1ccc(NC(=O)COC(=O)CCc2cccs2)cc1. The van der Waals surface area contributed by atoms with Crippen molar-refractivity contribution in [2.24, 2.45) is 0 Å². The molecule has 1 aromatic carbocycles. The van der Waals surface area contributed by atoms with Crippen molar-refractivity contribution in [3.05, 3.63) is 52.2 Å². The van der Waals surface area contributed by atoms with E-state index in [-0.39, 0.29) is 18.9 Å². The molecule has 2 aromatic rings. The van der Waals surface area contributed by atoms with Crippen molar-refractivity contribution in [1.82, 2.24) is 5.32 Å². The molecule has 126 valence electrons. The number of carbonyl (C=O) groups is 3. The summed E-state index contributed by atoms with van der Waals surface area (Å²) in [4.78, 5) is 35.9. The molecule has 0 aliphatic carbocycles. The van der Waals surface area contributed by atoms with Crippen LogP contribution in [0, 0.1) is 0 Å². The first kappa shape index (κ1) is 17.7. The second-order valence-electron chi connectivity index (χ2n) is 4.94. The van der Waals surface area contributed by atoms with Gasteiger partial charge in [0.1, 0.15) is 0 Å². The van der Waals surface area contributed by atoms with Crippen LogP contribution in [0.3, 0.4) is 0 Å². The largest absolute Gasteiger partial charge is 0.456 e. The van der Waals surface area contributed by atoms with Crippen LogP contribution < -0.4 is 10.6 Å². The topological polar surface area (TPSA) is 84.5 Å². The number of benzene rings is 1. The second kappa shape index (κ2) is 8.83. The second-order valence-corrected chi connectivity index (χ2v) is 5.98. The molecule has 24 heavy (non-hydrogen) atoms. The maximum atomic E-state index is 11.8. The molecule has 0 saturated carbocycles. The lowest BCUT2D eigenvalue weighted by molar-refractivity contribution is -0.147. The van der Waals surface area contributed by atoms with Gasteiger partial charge in [-0.15, -0.1) is 11.3 Å². The Morgan fingerprint density at radius 2 is 1.88 bits per heavy atom. The van der Waals surface area contributed by atoms with Crippen LogP contribution >= 0.6 is 11.3 Å². The molecule has 0 saturated heterocycles. The third-order valence-corrected chi connectivity index (χ3v) is 4.11. The van der Waals surface area contributed by atoms with Gasteiger partial charge in [0.25, 0.3) is 11.8 Å². The number of carbonyl (C=O) groups excluding carboxylic acids is 3. The van der Waals surface area contributed by atoms with E-state index in [9.17, 15) is 14.4 Å². The number of amides is 2. The monoisotopic (exact) mass is 346 g/mol. The van der Waals surface area contributed by atoms with Gasteiger partial charge in [-0.05, 0) is 42.1 Å². The van der Waals surface area contributed by atoms with Gasteiger partial charge in [0.2, 0.25) is 0 Å². The lowest BCUT2D eigenvalue weighted by atomic mass is 10.2. The Morgan fingerprint density at radius 1 is 1.12 bits per heavy atom. The number of thiophene rings is 1. The van der Waals surface area contributed by atoms with E-state index in [0.29, 0.717) is 17.7 Å². The molecule has 2 N–H and O–H groups in total. The summed E-state index contributed by atoms with van der Waals surface area (Å²) in [7, 11) is 1.55. The quantitative estimate of drug-likeness (QED) is 0.753. The van der Waals surface area contributed by atoms with E-state index < -0.39 is 11.9 Å². The van der Waals surface area contributed by atoms with E-state index in [1.54, 1.807) is 42.6 Å². The van der Waals surface area contributed by atoms with Gasteiger partial charge in [0.15, 0.2) is 6.61 Å². The summed E-state index contributed by atoms with van der Waals surface area (Å²) in [5.74, 6) is -1.03. The van der Waals surface area contributed by atoms with E-state index >= 15 is 0 Å². The highest BCUT2D eigenvalue weighted by Crippen LogP contribution is 2.11. The van der Waals surface area contributed by atoms with Crippen molar-refractivity contribution in [2.45, 2.75) is 12.8 Å². The third kappa shape index (κ3) is 5.51. The predicted molar refractivity (Wildman–Crippen MR) is 92.1 cm³/mol. The van der Waals surface area contributed by atoms with Crippen molar-refractivity contribution >= 4 is 34.8 Å². The number of nitrogens with one attached hydrogen (secondary N) is 2. The predicted octanol–water partition coefficient (Wildman–Crippen LogP) is 2.22. The maximum absolute atomic E-state index is 11.8. The first-order chi connectivity index (χ1) is 11.6. The minimum Gasteiger partial charge on any atom is -0.456 e. The molecular formula is C17H18N2O4S. The van der Waals surface area contributed by atoms with Gasteiger partial charge in [0.05, 0.1) is 6.42 Å². The van der Waals surface area contributed by atoms with Crippen LogP contribution in [0.1, 0.15) is 21.7 Å². The first-order valence-electron chi connectivity index (χ1n) is 7.38. The van der Waals surface area contributed by atoms with Crippen LogP contribution in [0.5, 0.6) is 0 Å². The summed E-state index contributed by atoms with van der Waals surface area (Å²) in [6, 6.07) is 10.3. The maximum Gasteiger partial charge on any atom is 0.306 e. The Morgan fingerprint density at radius 3 is 2.50 bits per heavy atom. The van der Waals surface area contributed by atoms with Crippen molar-refractivity contribution in [3.8, 4) is 0 Å². The molecule has 0 spiro atoms. The Bertz CT molecular complexity index is 696. The molecule has 2 amide bonds. The Kier molecular flexibility index (Phi) is 6.51. The molecule has 0 unspecified atom stereocenters. The lowest BCUT2D eigenvalue weighted by Gasteiger charge is -2.07. The van der Waals surface area contributed by atoms with Crippen LogP contribution in [0.4, 0.5) is 5.69 Å². The molecular weight excluding hydrogens is 328 g/mol. The Balaban J connectivity index is 1.72. The van der Waals surface area contributed by atoms with E-state index in [0.717, 1.165) is 4.88 Å². The van der Waals surface area contributed by atoms with E-state index in [1.165, 1.54) is 0 Å². The summed E-state index contributed by atoms with van der Waals surface area (Å²) in [5.41, 5.74) is 1.03. The molecule has 0 atom stereocenters. The minimum absolute atomic E-state index is 0.201. The van der Waals surface area contributed by atoms with Gasteiger partial charge >= 0.3 is 5.97 Å². The van der Waals surface area contributed by atoms with Gasteiger partial charge in [-0.25, -0.2) is 0 Å². The molecule has 6 nitrogen and oxygen atoms in total. The fraction of sp³-hybridized carbons (Fsp3) is 0.235. The minimum atomic E-state index is -0.424. The highest BCUT2D eigenvalue weighted by molar-refractivity contribution is 7.09. The number of hydrogen-bond acceptors (Lipinski definition) is 5. The summed E-state index contributed by atoms with van der Waals surface area (Å²) in [5, 5.41) is 7.07. The average Bonchev–Trinajstić information content (AvgIpc) is 3.11. The summed E-state index contributed by atoms with van der Waals surface area (Å²) in [6.45, 7) is -0.333. The van der Waals surface area contributed by atoms with Gasteiger partial charge < -0.3 is 15.4 Å². The number of esters is 1. The zero-order valence-electron chi connectivity index (χ0n) is 13.2. The number of aryl methyl sites for hydroxylation is 1. The standard InChI is InChI=1S/C17H18N2O4S/c1-18-17(22)12-4-6-13(7-5-12)19-15(20)11-23-16(21)9-8-14-3-2-10-24-14/h2-7,10H,8-9,11H2,1H3,(H,18,22)(H,19,20). The van der Waals surface area contributed by atoms with Crippen LogP contribution in [-0.2, 0) is 20.7 Å². The highest BCUT2D eigenvalue weighted by Gasteiger charge is 2.09. The summed E-state index contributed by atoms with van der Waals surface area (Å²) < 4.78 is 4.94. The summed E-state index contributed by atoms with van der Waals surface area (Å²) >= 11 is 1.58. The van der Waals surface area contributed by atoms with E-state index in [2.05, 4.69) is 10.6 Å². The molecule has 1 aromatic heterocycles. The lowest BCUT2D eigenvalue weighted by Crippen LogP contribution is -2.21. The Labute approximate surface area is 143 Å². The van der Waals surface area contributed by atoms with Crippen molar-refractivity contribution in [3.63, 3.8) is 0 Å². The average molecular weight is 346 g/mol. The fourth-order valence-electron chi connectivity index (χ4n) is 1.94. The molecule has 0 aliphatic rings. The molecule has 0 bridgehead atoms. The van der Waals surface area contributed by atoms with Crippen LogP contribution in [0.2, 0.25) is 0 Å². The molecule has 0 fully saturated rings. The van der Waals surface area contributed by atoms with Crippen LogP contribution in [0.25, 0.3) is 0 Å². The number of ether oxygens (including phenoxy) is 1. The zero-order chi connectivity index (χ0) is 17.4. The van der Waals surface area contributed by atoms with Gasteiger partial charge in [0, 0.05) is 23.2 Å². The molecule has 0 radical (unpaired) electrons. The van der Waals surface area contributed by atoms with Crippen LogP contribution in [-0.4, -0.2) is 31.4 Å². The molecule has 7 heteroatoms. The fourth-order valence-corrected chi connectivity index (χ4v) is 2.65. The summed E-state index contributed by atoms with van der Waals surface area (Å²) in [6.07, 6.45) is 0.855. The molecule has 0 aliphatic heterocycles. The van der Waals surface area contributed by atoms with Crippen molar-refractivity contribution in [2.75, 3.05) is 19.0 Å². The van der Waals surface area contributed by atoms with Gasteiger partial charge in [-0.3, -0.25) is 14.4 Å². The number of hydrogen-bond donors (Lipinski definition) is 2. The smallest absolute Gasteiger partial charge is 0.306 e. The number of rotatable bonds is 7. The number of anilines is 1. The third-order valence-electron chi connectivity index (χ3n) is 3.18. The Hall–Kier alpha value is -2.67. The van der Waals surface area contributed by atoms with E-state index in [1.807, 2.05) is 17.5 Å². The van der Waals surface area contributed by atoms with Crippen molar-refractivity contribution < 1.29 is 19.1 Å². The van der Waals surface area contributed by atoms with Gasteiger partial charge in [-0.2, -0.15) is 0 Å². The molecule has 2 rings (SSSR count). The van der Waals surface area contributed by atoms with E-state index in [4.69, 9.17) is 4.74 Å². The van der Waals surface area contributed by atoms with Crippen molar-refractivity contribution in [1.29, 1.82) is 0 Å². The van der Waals surface area contributed by atoms with Crippen LogP contribution in [0.15, 0.2) is 41.8 Å².